The van der Waals surface area contributed by atoms with E-state index in [-0.39, 0.29) is 4.90 Å². The first kappa shape index (κ1) is 14.2. The molecule has 1 aromatic carbocycles. The third-order valence-electron chi connectivity index (χ3n) is 2.54. The second-order valence-corrected chi connectivity index (χ2v) is 6.66. The molecule has 0 radical (unpaired) electrons. The zero-order chi connectivity index (χ0) is 13.7. The van der Waals surface area contributed by atoms with Crippen LogP contribution in [0, 0.1) is 0 Å². The van der Waals surface area contributed by atoms with Gasteiger partial charge in [-0.05, 0) is 36.8 Å². The maximum Gasteiger partial charge on any atom is 0.240 e. The lowest BCUT2D eigenvalue weighted by Crippen LogP contribution is -2.25. The van der Waals surface area contributed by atoms with Gasteiger partial charge in [0.25, 0.3) is 0 Å². The molecule has 0 aliphatic carbocycles. The summed E-state index contributed by atoms with van der Waals surface area (Å²) in [6, 6.07) is 8.39. The fourth-order valence-corrected chi connectivity index (χ4v) is 2.92. The molecule has 0 saturated heterocycles. The first-order chi connectivity index (χ1) is 9.08. The van der Waals surface area contributed by atoms with Crippen molar-refractivity contribution in [1.29, 1.82) is 0 Å². The van der Waals surface area contributed by atoms with E-state index in [1.807, 2.05) is 12.3 Å². The lowest BCUT2D eigenvalue weighted by atomic mass is 10.4. The molecule has 1 aromatic heterocycles. The summed E-state index contributed by atoms with van der Waals surface area (Å²) in [4.78, 5) is 0.273. The summed E-state index contributed by atoms with van der Waals surface area (Å²) >= 11 is 3.27. The Balaban J connectivity index is 1.86. The Morgan fingerprint density at radius 3 is 2.63 bits per heavy atom. The summed E-state index contributed by atoms with van der Waals surface area (Å²) < 4.78 is 29.1. The molecule has 0 fully saturated rings. The van der Waals surface area contributed by atoms with Gasteiger partial charge in [-0.3, -0.25) is 4.68 Å². The molecule has 0 unspecified atom stereocenters. The number of benzene rings is 1. The summed E-state index contributed by atoms with van der Waals surface area (Å²) in [5.41, 5.74) is 0. The van der Waals surface area contributed by atoms with Crippen LogP contribution in [0.4, 0.5) is 0 Å². The van der Waals surface area contributed by atoms with E-state index in [0.717, 1.165) is 4.47 Å². The van der Waals surface area contributed by atoms with Gasteiger partial charge in [0.1, 0.15) is 0 Å². The highest BCUT2D eigenvalue weighted by molar-refractivity contribution is 9.10. The van der Waals surface area contributed by atoms with Crippen LogP contribution in [0.15, 0.2) is 52.1 Å². The van der Waals surface area contributed by atoms with Crippen molar-refractivity contribution in [2.24, 2.45) is 0 Å². The second-order valence-electron chi connectivity index (χ2n) is 3.97. The van der Waals surface area contributed by atoms with Crippen LogP contribution in [0.2, 0.25) is 0 Å². The predicted octanol–water partition coefficient (Wildman–Crippen LogP) is 2.01. The van der Waals surface area contributed by atoms with Crippen molar-refractivity contribution in [3.05, 3.63) is 47.2 Å². The van der Waals surface area contributed by atoms with Crippen LogP contribution in [0.25, 0.3) is 0 Å². The number of halogens is 1. The first-order valence-corrected chi connectivity index (χ1v) is 8.08. The van der Waals surface area contributed by atoms with Gasteiger partial charge in [0, 0.05) is 30.0 Å². The van der Waals surface area contributed by atoms with E-state index in [0.29, 0.717) is 19.5 Å². The highest BCUT2D eigenvalue weighted by Gasteiger charge is 2.12. The quantitative estimate of drug-likeness (QED) is 0.816. The SMILES string of the molecule is O=S(=O)(NCCCn1cccn1)c1ccc(Br)cc1. The summed E-state index contributed by atoms with van der Waals surface area (Å²) in [5.74, 6) is 0. The number of nitrogens with one attached hydrogen (secondary N) is 1. The van der Waals surface area contributed by atoms with Gasteiger partial charge in [-0.1, -0.05) is 15.9 Å². The molecule has 7 heteroatoms. The molecule has 1 heterocycles. The molecule has 0 saturated carbocycles. The second kappa shape index (κ2) is 6.31. The van der Waals surface area contributed by atoms with Gasteiger partial charge in [0.2, 0.25) is 10.0 Å². The van der Waals surface area contributed by atoms with Crippen LogP contribution in [-0.4, -0.2) is 24.7 Å². The minimum absolute atomic E-state index is 0.273. The molecule has 0 aliphatic rings. The molecule has 0 aliphatic heterocycles. The van der Waals surface area contributed by atoms with Gasteiger partial charge < -0.3 is 0 Å². The van der Waals surface area contributed by atoms with Crippen LogP contribution in [0.3, 0.4) is 0 Å². The lowest BCUT2D eigenvalue weighted by molar-refractivity contribution is 0.553. The number of hydrogen-bond donors (Lipinski definition) is 1. The van der Waals surface area contributed by atoms with Crippen molar-refractivity contribution in [1.82, 2.24) is 14.5 Å². The summed E-state index contributed by atoms with van der Waals surface area (Å²) in [7, 11) is -3.42. The molecule has 5 nitrogen and oxygen atoms in total. The number of nitrogens with zero attached hydrogens (tertiary/aromatic N) is 2. The van der Waals surface area contributed by atoms with E-state index < -0.39 is 10.0 Å². The molecular formula is C12H14BrN3O2S. The predicted molar refractivity (Wildman–Crippen MR) is 76.2 cm³/mol. The maximum absolute atomic E-state index is 12.0. The van der Waals surface area contributed by atoms with Crippen LogP contribution >= 0.6 is 15.9 Å². The fraction of sp³-hybridized carbons (Fsp3) is 0.250. The fourth-order valence-electron chi connectivity index (χ4n) is 1.58. The Hall–Kier alpha value is -1.18. The Labute approximate surface area is 120 Å². The molecule has 1 N–H and O–H groups in total. The van der Waals surface area contributed by atoms with Crippen molar-refractivity contribution in [3.63, 3.8) is 0 Å². The van der Waals surface area contributed by atoms with Gasteiger partial charge in [-0.2, -0.15) is 5.10 Å². The lowest BCUT2D eigenvalue weighted by Gasteiger charge is -2.07. The molecule has 19 heavy (non-hydrogen) atoms. The van der Waals surface area contributed by atoms with Gasteiger partial charge in [-0.25, -0.2) is 13.1 Å². The highest BCUT2D eigenvalue weighted by Crippen LogP contribution is 2.14. The number of rotatable bonds is 6. The number of hydrogen-bond acceptors (Lipinski definition) is 3. The van der Waals surface area contributed by atoms with E-state index in [2.05, 4.69) is 25.8 Å². The Kier molecular flexibility index (Phi) is 4.73. The smallest absolute Gasteiger partial charge is 0.240 e. The zero-order valence-corrected chi connectivity index (χ0v) is 12.6. The third-order valence-corrected chi connectivity index (χ3v) is 4.54. The van der Waals surface area contributed by atoms with Gasteiger partial charge in [0.15, 0.2) is 0 Å². The van der Waals surface area contributed by atoms with Crippen molar-refractivity contribution in [3.8, 4) is 0 Å². The summed E-state index contributed by atoms with van der Waals surface area (Å²) in [5, 5.41) is 4.05. The number of aryl methyl sites for hydroxylation is 1. The Morgan fingerprint density at radius 2 is 2.00 bits per heavy atom. The van der Waals surface area contributed by atoms with E-state index >= 15 is 0 Å². The van der Waals surface area contributed by atoms with Crippen LogP contribution in [-0.2, 0) is 16.6 Å². The molecular weight excluding hydrogens is 330 g/mol. The highest BCUT2D eigenvalue weighted by atomic mass is 79.9. The van der Waals surface area contributed by atoms with Crippen molar-refractivity contribution >= 4 is 26.0 Å². The Bertz CT molecular complexity index is 609. The Morgan fingerprint density at radius 1 is 1.26 bits per heavy atom. The zero-order valence-electron chi connectivity index (χ0n) is 10.2. The number of sulfonamides is 1. The van der Waals surface area contributed by atoms with E-state index in [9.17, 15) is 8.42 Å². The topological polar surface area (TPSA) is 64.0 Å². The van der Waals surface area contributed by atoms with Crippen LogP contribution in [0.1, 0.15) is 6.42 Å². The maximum atomic E-state index is 12.0. The number of aromatic nitrogens is 2. The van der Waals surface area contributed by atoms with Crippen molar-refractivity contribution < 1.29 is 8.42 Å². The minimum Gasteiger partial charge on any atom is -0.273 e. The monoisotopic (exact) mass is 343 g/mol. The van der Waals surface area contributed by atoms with Crippen molar-refractivity contribution in [2.75, 3.05) is 6.54 Å². The van der Waals surface area contributed by atoms with E-state index in [4.69, 9.17) is 0 Å². The summed E-state index contributed by atoms with van der Waals surface area (Å²) in [6.45, 7) is 1.08. The van der Waals surface area contributed by atoms with Crippen LogP contribution in [0.5, 0.6) is 0 Å². The molecule has 0 spiro atoms. The van der Waals surface area contributed by atoms with Gasteiger partial charge >= 0.3 is 0 Å². The standard InChI is InChI=1S/C12H14BrN3O2S/c13-11-3-5-12(6-4-11)19(17,18)15-8-2-10-16-9-1-7-14-16/h1,3-7,9,15H,2,8,10H2. The van der Waals surface area contributed by atoms with E-state index in [1.54, 1.807) is 35.1 Å². The largest absolute Gasteiger partial charge is 0.273 e. The molecule has 102 valence electrons. The average Bonchev–Trinajstić information content (AvgIpc) is 2.88. The van der Waals surface area contributed by atoms with Crippen molar-refractivity contribution in [2.45, 2.75) is 17.9 Å². The first-order valence-electron chi connectivity index (χ1n) is 5.80. The molecule has 0 bridgehead atoms. The summed E-state index contributed by atoms with van der Waals surface area (Å²) in [6.07, 6.45) is 4.24. The van der Waals surface area contributed by atoms with Gasteiger partial charge in [0.05, 0.1) is 4.90 Å². The molecule has 2 aromatic rings. The minimum atomic E-state index is -3.42. The van der Waals surface area contributed by atoms with E-state index in [1.165, 1.54) is 0 Å². The third kappa shape index (κ3) is 4.15. The molecule has 0 atom stereocenters. The normalized spacial score (nSPS) is 11.6. The molecule has 2 rings (SSSR count). The van der Waals surface area contributed by atoms with Gasteiger partial charge in [-0.15, -0.1) is 0 Å². The molecule has 0 amide bonds. The average molecular weight is 344 g/mol. The van der Waals surface area contributed by atoms with Crippen LogP contribution < -0.4 is 4.72 Å².